The number of para-hydroxylation sites is 1. The van der Waals surface area contributed by atoms with Crippen molar-refractivity contribution in [2.45, 2.75) is 31.3 Å². The SMILES string of the molecule is NC(C(=O)NC1CCOc2c(Cl)cccc21)C1CCOCC1. The van der Waals surface area contributed by atoms with Crippen molar-refractivity contribution in [3.63, 3.8) is 0 Å². The predicted octanol–water partition coefficient (Wildman–Crippen LogP) is 2.03. The zero-order chi connectivity index (χ0) is 15.5. The molecule has 0 aliphatic carbocycles. The summed E-state index contributed by atoms with van der Waals surface area (Å²) in [5.41, 5.74) is 7.06. The van der Waals surface area contributed by atoms with Crippen molar-refractivity contribution >= 4 is 17.5 Å². The average Bonchev–Trinajstić information content (AvgIpc) is 2.56. The maximum atomic E-state index is 12.5. The second-order valence-corrected chi connectivity index (χ2v) is 6.24. The number of ether oxygens (including phenoxy) is 2. The first-order chi connectivity index (χ1) is 10.7. The molecule has 1 aromatic carbocycles. The van der Waals surface area contributed by atoms with Crippen molar-refractivity contribution in [2.75, 3.05) is 19.8 Å². The first-order valence-corrected chi connectivity index (χ1v) is 8.09. The second-order valence-electron chi connectivity index (χ2n) is 5.83. The van der Waals surface area contributed by atoms with E-state index in [9.17, 15) is 4.79 Å². The Kier molecular flexibility index (Phi) is 4.86. The molecule has 1 aromatic rings. The summed E-state index contributed by atoms with van der Waals surface area (Å²) in [6.45, 7) is 1.90. The van der Waals surface area contributed by atoms with Gasteiger partial charge in [0.15, 0.2) is 0 Å². The molecule has 22 heavy (non-hydrogen) atoms. The van der Waals surface area contributed by atoms with Crippen LogP contribution in [0.3, 0.4) is 0 Å². The van der Waals surface area contributed by atoms with E-state index in [2.05, 4.69) is 5.32 Å². The Labute approximate surface area is 135 Å². The maximum Gasteiger partial charge on any atom is 0.237 e. The molecule has 0 spiro atoms. The summed E-state index contributed by atoms with van der Waals surface area (Å²) in [4.78, 5) is 12.5. The number of fused-ring (bicyclic) bond motifs is 1. The first kappa shape index (κ1) is 15.6. The Balaban J connectivity index is 1.68. The topological polar surface area (TPSA) is 73.6 Å². The molecule has 3 N–H and O–H groups in total. The number of hydrogen-bond acceptors (Lipinski definition) is 4. The summed E-state index contributed by atoms with van der Waals surface area (Å²) in [5, 5.41) is 3.63. The fourth-order valence-corrected chi connectivity index (χ4v) is 3.33. The van der Waals surface area contributed by atoms with Crippen LogP contribution in [0.15, 0.2) is 18.2 Å². The van der Waals surface area contributed by atoms with Crippen LogP contribution in [0.1, 0.15) is 30.9 Å². The molecule has 2 atom stereocenters. The van der Waals surface area contributed by atoms with Gasteiger partial charge in [-0.3, -0.25) is 4.79 Å². The minimum Gasteiger partial charge on any atom is -0.492 e. The monoisotopic (exact) mass is 324 g/mol. The number of hydrogen-bond donors (Lipinski definition) is 2. The fourth-order valence-electron chi connectivity index (χ4n) is 3.09. The summed E-state index contributed by atoms with van der Waals surface area (Å²) >= 11 is 6.15. The van der Waals surface area contributed by atoms with Crippen LogP contribution in [0, 0.1) is 5.92 Å². The fraction of sp³-hybridized carbons (Fsp3) is 0.562. The van der Waals surface area contributed by atoms with Gasteiger partial charge < -0.3 is 20.5 Å². The van der Waals surface area contributed by atoms with E-state index in [-0.39, 0.29) is 17.9 Å². The third-order valence-corrected chi connectivity index (χ3v) is 4.72. The van der Waals surface area contributed by atoms with Crippen LogP contribution < -0.4 is 15.8 Å². The first-order valence-electron chi connectivity index (χ1n) is 7.71. The molecule has 0 aromatic heterocycles. The lowest BCUT2D eigenvalue weighted by Crippen LogP contribution is -2.48. The Hall–Kier alpha value is -1.30. The number of carbonyl (C=O) groups excluding carboxylic acids is 1. The van der Waals surface area contributed by atoms with Crippen LogP contribution in [0.5, 0.6) is 5.75 Å². The molecule has 1 saturated heterocycles. The van der Waals surface area contributed by atoms with Crippen LogP contribution in [-0.2, 0) is 9.53 Å². The highest BCUT2D eigenvalue weighted by molar-refractivity contribution is 6.32. The van der Waals surface area contributed by atoms with Gasteiger partial charge in [0, 0.05) is 25.2 Å². The molecular weight excluding hydrogens is 304 g/mol. The molecular formula is C16H21ClN2O3. The van der Waals surface area contributed by atoms with Crippen molar-refractivity contribution in [3.8, 4) is 5.75 Å². The highest BCUT2D eigenvalue weighted by Gasteiger charge is 2.30. The number of benzene rings is 1. The van der Waals surface area contributed by atoms with Gasteiger partial charge >= 0.3 is 0 Å². The summed E-state index contributed by atoms with van der Waals surface area (Å²) in [6.07, 6.45) is 2.40. The van der Waals surface area contributed by atoms with Gasteiger partial charge in [0.1, 0.15) is 5.75 Å². The maximum absolute atomic E-state index is 12.5. The molecule has 2 aliphatic heterocycles. The average molecular weight is 325 g/mol. The largest absolute Gasteiger partial charge is 0.492 e. The molecule has 2 heterocycles. The van der Waals surface area contributed by atoms with Crippen LogP contribution in [-0.4, -0.2) is 31.8 Å². The zero-order valence-corrected chi connectivity index (χ0v) is 13.1. The summed E-state index contributed by atoms with van der Waals surface area (Å²) in [6, 6.07) is 5.01. The van der Waals surface area contributed by atoms with Crippen molar-refractivity contribution in [1.82, 2.24) is 5.32 Å². The molecule has 2 aliphatic rings. The summed E-state index contributed by atoms with van der Waals surface area (Å²) in [7, 11) is 0. The van der Waals surface area contributed by atoms with Crippen molar-refractivity contribution in [3.05, 3.63) is 28.8 Å². The molecule has 5 nitrogen and oxygen atoms in total. The highest BCUT2D eigenvalue weighted by Crippen LogP contribution is 2.37. The highest BCUT2D eigenvalue weighted by atomic mass is 35.5. The normalized spacial score (nSPS) is 23.3. The number of halogens is 1. The van der Waals surface area contributed by atoms with Gasteiger partial charge in [0.2, 0.25) is 5.91 Å². The van der Waals surface area contributed by atoms with E-state index in [0.717, 1.165) is 24.8 Å². The van der Waals surface area contributed by atoms with Crippen LogP contribution in [0.2, 0.25) is 5.02 Å². The van der Waals surface area contributed by atoms with E-state index in [0.29, 0.717) is 30.6 Å². The zero-order valence-electron chi connectivity index (χ0n) is 12.4. The van der Waals surface area contributed by atoms with E-state index >= 15 is 0 Å². The van der Waals surface area contributed by atoms with E-state index in [1.54, 1.807) is 6.07 Å². The summed E-state index contributed by atoms with van der Waals surface area (Å²) in [5.74, 6) is 0.748. The minimum absolute atomic E-state index is 0.0964. The molecule has 120 valence electrons. The Morgan fingerprint density at radius 1 is 1.27 bits per heavy atom. The van der Waals surface area contributed by atoms with Crippen molar-refractivity contribution in [2.24, 2.45) is 11.7 Å². The lowest BCUT2D eigenvalue weighted by atomic mass is 9.91. The Morgan fingerprint density at radius 2 is 2.05 bits per heavy atom. The second kappa shape index (κ2) is 6.86. The van der Waals surface area contributed by atoms with Gasteiger partial charge in [-0.15, -0.1) is 0 Å². The van der Waals surface area contributed by atoms with E-state index in [4.69, 9.17) is 26.8 Å². The lowest BCUT2D eigenvalue weighted by Gasteiger charge is -2.31. The summed E-state index contributed by atoms with van der Waals surface area (Å²) < 4.78 is 10.9. The lowest BCUT2D eigenvalue weighted by molar-refractivity contribution is -0.125. The number of carbonyl (C=O) groups is 1. The molecule has 6 heteroatoms. The van der Waals surface area contributed by atoms with Gasteiger partial charge in [0.25, 0.3) is 0 Å². The molecule has 0 radical (unpaired) electrons. The van der Waals surface area contributed by atoms with Gasteiger partial charge in [-0.2, -0.15) is 0 Å². The van der Waals surface area contributed by atoms with Gasteiger partial charge in [0.05, 0.1) is 23.7 Å². The smallest absolute Gasteiger partial charge is 0.237 e. The Morgan fingerprint density at radius 3 is 2.82 bits per heavy atom. The molecule has 0 bridgehead atoms. The molecule has 3 rings (SSSR count). The third kappa shape index (κ3) is 3.21. The molecule has 2 unspecified atom stereocenters. The van der Waals surface area contributed by atoms with E-state index in [1.807, 2.05) is 12.1 Å². The molecule has 1 amide bonds. The third-order valence-electron chi connectivity index (χ3n) is 4.42. The predicted molar refractivity (Wildman–Crippen MR) is 84.0 cm³/mol. The van der Waals surface area contributed by atoms with Gasteiger partial charge in [-0.05, 0) is 24.8 Å². The van der Waals surface area contributed by atoms with Crippen LogP contribution in [0.4, 0.5) is 0 Å². The van der Waals surface area contributed by atoms with Crippen molar-refractivity contribution < 1.29 is 14.3 Å². The van der Waals surface area contributed by atoms with Crippen molar-refractivity contribution in [1.29, 1.82) is 0 Å². The van der Waals surface area contributed by atoms with E-state index in [1.165, 1.54) is 0 Å². The molecule has 0 saturated carbocycles. The number of nitrogens with two attached hydrogens (primary N) is 1. The standard InChI is InChI=1S/C16H21ClN2O3/c17-12-3-1-2-11-13(6-9-22-15(11)12)19-16(20)14(18)10-4-7-21-8-5-10/h1-3,10,13-14H,4-9,18H2,(H,19,20). The molecule has 1 fully saturated rings. The minimum atomic E-state index is -0.491. The number of rotatable bonds is 3. The number of nitrogens with one attached hydrogen (secondary N) is 1. The van der Waals surface area contributed by atoms with E-state index < -0.39 is 6.04 Å². The van der Waals surface area contributed by atoms with Gasteiger partial charge in [-0.1, -0.05) is 23.7 Å². The van der Waals surface area contributed by atoms with Crippen LogP contribution in [0.25, 0.3) is 0 Å². The number of amides is 1. The Bertz CT molecular complexity index is 546. The quantitative estimate of drug-likeness (QED) is 0.892. The van der Waals surface area contributed by atoms with Gasteiger partial charge in [-0.25, -0.2) is 0 Å². The van der Waals surface area contributed by atoms with Crippen LogP contribution >= 0.6 is 11.6 Å².